The van der Waals surface area contributed by atoms with Crippen LogP contribution in [0.5, 0.6) is 0 Å². The van der Waals surface area contributed by atoms with E-state index < -0.39 is 5.97 Å². The summed E-state index contributed by atoms with van der Waals surface area (Å²) in [6.07, 6.45) is 4.95. The van der Waals surface area contributed by atoms with Crippen LogP contribution in [0.4, 0.5) is 0 Å². The quantitative estimate of drug-likeness (QED) is 0.748. The minimum absolute atomic E-state index is 0.296. The van der Waals surface area contributed by atoms with Gasteiger partial charge < -0.3 is 10.0 Å². The molecule has 0 radical (unpaired) electrons. The number of thioether (sulfide) groups is 1. The third-order valence-corrected chi connectivity index (χ3v) is 4.52. The highest BCUT2D eigenvalue weighted by atomic mass is 32.2. The van der Waals surface area contributed by atoms with E-state index in [-0.39, 0.29) is 0 Å². The van der Waals surface area contributed by atoms with Gasteiger partial charge in [-0.05, 0) is 45.0 Å². The van der Waals surface area contributed by atoms with Crippen molar-refractivity contribution >= 4 is 17.7 Å². The molecule has 0 heterocycles. The van der Waals surface area contributed by atoms with Crippen LogP contribution in [-0.4, -0.2) is 46.6 Å². The van der Waals surface area contributed by atoms with E-state index in [1.165, 1.54) is 25.0 Å². The Labute approximate surface area is 103 Å². The van der Waals surface area contributed by atoms with E-state index in [1.807, 2.05) is 0 Å². The van der Waals surface area contributed by atoms with Crippen molar-refractivity contribution in [1.29, 1.82) is 0 Å². The van der Waals surface area contributed by atoms with Gasteiger partial charge in [0.05, 0.1) is 0 Å². The fourth-order valence-corrected chi connectivity index (χ4v) is 3.50. The van der Waals surface area contributed by atoms with Crippen LogP contribution in [0.3, 0.4) is 0 Å². The number of carbonyl (C=O) groups is 1. The van der Waals surface area contributed by atoms with E-state index in [2.05, 4.69) is 30.6 Å². The van der Waals surface area contributed by atoms with Crippen molar-refractivity contribution in [2.75, 3.05) is 19.3 Å². The molecule has 4 heteroatoms. The number of aliphatic carboxylic acids is 1. The van der Waals surface area contributed by atoms with Crippen LogP contribution >= 0.6 is 11.8 Å². The maximum Gasteiger partial charge on any atom is 0.303 e. The molecular formula is C12H23NO2S. The van der Waals surface area contributed by atoms with Gasteiger partial charge in [-0.25, -0.2) is 0 Å². The lowest BCUT2D eigenvalue weighted by Gasteiger charge is -2.24. The molecule has 1 fully saturated rings. The summed E-state index contributed by atoms with van der Waals surface area (Å²) in [7, 11) is 2.13. The van der Waals surface area contributed by atoms with Gasteiger partial charge >= 0.3 is 5.97 Å². The van der Waals surface area contributed by atoms with Crippen molar-refractivity contribution in [3.8, 4) is 0 Å². The normalized spacial score (nSPS) is 25.2. The zero-order valence-corrected chi connectivity index (χ0v) is 11.1. The van der Waals surface area contributed by atoms with E-state index in [1.54, 1.807) is 0 Å². The van der Waals surface area contributed by atoms with Crippen LogP contribution in [0.25, 0.3) is 0 Å². The van der Waals surface area contributed by atoms with Crippen molar-refractivity contribution in [3.63, 3.8) is 0 Å². The first-order valence-electron chi connectivity index (χ1n) is 6.17. The molecule has 0 bridgehead atoms. The Balaban J connectivity index is 2.17. The van der Waals surface area contributed by atoms with Crippen molar-refractivity contribution in [2.24, 2.45) is 0 Å². The highest BCUT2D eigenvalue weighted by Gasteiger charge is 2.26. The minimum atomic E-state index is -0.681. The summed E-state index contributed by atoms with van der Waals surface area (Å²) in [5.74, 6) is 0.527. The lowest BCUT2D eigenvalue weighted by molar-refractivity contribution is -0.137. The third kappa shape index (κ3) is 4.74. The molecule has 0 unspecified atom stereocenters. The van der Waals surface area contributed by atoms with Gasteiger partial charge in [0.2, 0.25) is 0 Å². The van der Waals surface area contributed by atoms with Gasteiger partial charge in [0, 0.05) is 17.7 Å². The molecule has 16 heavy (non-hydrogen) atoms. The molecule has 0 aromatic heterocycles. The van der Waals surface area contributed by atoms with E-state index in [4.69, 9.17) is 5.11 Å². The molecule has 1 aliphatic carbocycles. The second-order valence-corrected chi connectivity index (χ2v) is 6.10. The van der Waals surface area contributed by atoms with Crippen LogP contribution in [0, 0.1) is 0 Å². The van der Waals surface area contributed by atoms with Gasteiger partial charge in [-0.3, -0.25) is 4.79 Å². The first-order chi connectivity index (χ1) is 7.63. The first-order valence-corrected chi connectivity index (χ1v) is 7.22. The predicted molar refractivity (Wildman–Crippen MR) is 69.1 cm³/mol. The summed E-state index contributed by atoms with van der Waals surface area (Å²) in [6.45, 7) is 3.13. The number of carboxylic acid groups (broad SMARTS) is 1. The fraction of sp³-hybridized carbons (Fsp3) is 0.917. The van der Waals surface area contributed by atoms with Crippen molar-refractivity contribution in [2.45, 2.75) is 50.3 Å². The van der Waals surface area contributed by atoms with Gasteiger partial charge in [-0.1, -0.05) is 6.92 Å². The predicted octanol–water partition coefficient (Wildman–Crippen LogP) is 2.46. The Morgan fingerprint density at radius 2 is 2.25 bits per heavy atom. The lowest BCUT2D eigenvalue weighted by atomic mass is 10.2. The van der Waals surface area contributed by atoms with Crippen LogP contribution in [0.15, 0.2) is 0 Å². The summed E-state index contributed by atoms with van der Waals surface area (Å²) in [4.78, 5) is 12.8. The highest BCUT2D eigenvalue weighted by Crippen LogP contribution is 2.32. The largest absolute Gasteiger partial charge is 0.481 e. The van der Waals surface area contributed by atoms with Crippen molar-refractivity contribution in [1.82, 2.24) is 4.90 Å². The van der Waals surface area contributed by atoms with E-state index in [0.717, 1.165) is 18.2 Å². The maximum absolute atomic E-state index is 10.4. The Kier molecular flexibility index (Phi) is 6.21. The lowest BCUT2D eigenvalue weighted by Crippen LogP contribution is -2.30. The van der Waals surface area contributed by atoms with E-state index in [0.29, 0.717) is 12.5 Å². The van der Waals surface area contributed by atoms with Crippen molar-refractivity contribution in [3.05, 3.63) is 0 Å². The van der Waals surface area contributed by atoms with E-state index in [9.17, 15) is 4.79 Å². The molecule has 0 spiro atoms. The maximum atomic E-state index is 10.4. The summed E-state index contributed by atoms with van der Waals surface area (Å²) < 4.78 is 0. The molecule has 1 aliphatic rings. The average molecular weight is 245 g/mol. The smallest absolute Gasteiger partial charge is 0.303 e. The van der Waals surface area contributed by atoms with Gasteiger partial charge in [0.1, 0.15) is 0 Å². The average Bonchev–Trinajstić information content (AvgIpc) is 2.66. The Morgan fingerprint density at radius 3 is 2.88 bits per heavy atom. The number of rotatable bonds is 7. The van der Waals surface area contributed by atoms with Gasteiger partial charge in [0.25, 0.3) is 0 Å². The number of carboxylic acids is 1. The second-order valence-electron chi connectivity index (χ2n) is 4.52. The molecular weight excluding hydrogens is 222 g/mol. The topological polar surface area (TPSA) is 40.5 Å². The molecule has 2 atom stereocenters. The molecule has 0 aromatic rings. The van der Waals surface area contributed by atoms with Crippen LogP contribution in [0.1, 0.15) is 39.0 Å². The number of hydrogen-bond donors (Lipinski definition) is 1. The second kappa shape index (κ2) is 7.17. The van der Waals surface area contributed by atoms with Crippen LogP contribution in [-0.2, 0) is 4.79 Å². The van der Waals surface area contributed by atoms with Crippen LogP contribution in [0.2, 0.25) is 0 Å². The summed E-state index contributed by atoms with van der Waals surface area (Å²) in [5.41, 5.74) is 0. The highest BCUT2D eigenvalue weighted by molar-refractivity contribution is 7.99. The standard InChI is InChI=1S/C12H23NO2S/c1-3-16-11-7-6-10(9-11)13(2)8-4-5-12(14)15/h10-11H,3-9H2,1-2H3,(H,14,15)/t10-,11+/m1/s1. The Morgan fingerprint density at radius 1 is 1.50 bits per heavy atom. The van der Waals surface area contributed by atoms with Crippen LogP contribution < -0.4 is 0 Å². The number of hydrogen-bond acceptors (Lipinski definition) is 3. The van der Waals surface area contributed by atoms with E-state index >= 15 is 0 Å². The number of nitrogens with zero attached hydrogens (tertiary/aromatic N) is 1. The van der Waals surface area contributed by atoms with Gasteiger partial charge in [-0.15, -0.1) is 0 Å². The zero-order valence-electron chi connectivity index (χ0n) is 10.3. The first kappa shape index (κ1) is 13.8. The molecule has 94 valence electrons. The molecule has 0 aliphatic heterocycles. The van der Waals surface area contributed by atoms with Gasteiger partial charge in [-0.2, -0.15) is 11.8 Å². The molecule has 1 rings (SSSR count). The summed E-state index contributed by atoms with van der Waals surface area (Å²) in [6, 6.07) is 0.679. The molecule has 1 N–H and O–H groups in total. The molecule has 0 aromatic carbocycles. The fourth-order valence-electron chi connectivity index (χ4n) is 2.37. The SMILES string of the molecule is CCS[C@H]1CC[C@@H](N(C)CCCC(=O)O)C1. The zero-order chi connectivity index (χ0) is 12.0. The van der Waals surface area contributed by atoms with Gasteiger partial charge in [0.15, 0.2) is 0 Å². The Bertz CT molecular complexity index is 223. The summed E-state index contributed by atoms with van der Waals surface area (Å²) in [5, 5.41) is 9.41. The molecule has 3 nitrogen and oxygen atoms in total. The summed E-state index contributed by atoms with van der Waals surface area (Å²) >= 11 is 2.07. The van der Waals surface area contributed by atoms with Crippen molar-refractivity contribution < 1.29 is 9.90 Å². The molecule has 1 saturated carbocycles. The monoisotopic (exact) mass is 245 g/mol. The Hall–Kier alpha value is -0.220. The third-order valence-electron chi connectivity index (χ3n) is 3.28. The minimum Gasteiger partial charge on any atom is -0.481 e. The molecule has 0 saturated heterocycles. The molecule has 0 amide bonds.